The number of hydrogen-bond donors (Lipinski definition) is 2. The van der Waals surface area contributed by atoms with Crippen molar-refractivity contribution < 1.29 is 9.53 Å². The van der Waals surface area contributed by atoms with Crippen molar-refractivity contribution in [2.24, 2.45) is 11.7 Å². The summed E-state index contributed by atoms with van der Waals surface area (Å²) in [6.45, 7) is 6.55. The first-order valence-electron chi connectivity index (χ1n) is 4.57. The van der Waals surface area contributed by atoms with Gasteiger partial charge in [0, 0.05) is 13.7 Å². The average Bonchev–Trinajstić information content (AvgIpc) is 2.11. The second-order valence-electron chi connectivity index (χ2n) is 3.57. The van der Waals surface area contributed by atoms with Crippen LogP contribution < -0.4 is 11.1 Å². The highest BCUT2D eigenvalue weighted by Crippen LogP contribution is 2.00. The molecular formula is C9H20N2O2. The fraction of sp³-hybridized carbons (Fsp3) is 0.889. The largest absolute Gasteiger partial charge is 0.376 e. The zero-order chi connectivity index (χ0) is 10.4. The second-order valence-corrected chi connectivity index (χ2v) is 3.57. The number of hydrogen-bond acceptors (Lipinski definition) is 3. The van der Waals surface area contributed by atoms with Gasteiger partial charge in [0.15, 0.2) is 0 Å². The van der Waals surface area contributed by atoms with Gasteiger partial charge in [0.2, 0.25) is 5.91 Å². The highest BCUT2D eigenvalue weighted by atomic mass is 16.5. The van der Waals surface area contributed by atoms with E-state index in [0.717, 1.165) is 0 Å². The topological polar surface area (TPSA) is 64.4 Å². The third-order valence-electron chi connectivity index (χ3n) is 1.75. The van der Waals surface area contributed by atoms with Crippen molar-refractivity contribution in [1.82, 2.24) is 5.32 Å². The lowest BCUT2D eigenvalue weighted by atomic mass is 10.2. The number of likely N-dealkylation sites (N-methyl/N-ethyl adjacent to an activating group) is 1. The third kappa shape index (κ3) is 4.85. The molecule has 0 bridgehead atoms. The second kappa shape index (κ2) is 5.94. The summed E-state index contributed by atoms with van der Waals surface area (Å²) in [5.74, 6) is 0.274. The molecule has 0 aliphatic heterocycles. The summed E-state index contributed by atoms with van der Waals surface area (Å²) in [7, 11) is 1.57. The number of ether oxygens (including phenoxy) is 1. The van der Waals surface area contributed by atoms with Gasteiger partial charge in [-0.15, -0.1) is 0 Å². The number of carbonyl (C=O) groups is 1. The van der Waals surface area contributed by atoms with Crippen LogP contribution in [0.25, 0.3) is 0 Å². The van der Waals surface area contributed by atoms with Gasteiger partial charge in [-0.3, -0.25) is 4.79 Å². The molecule has 0 aliphatic carbocycles. The van der Waals surface area contributed by atoms with Gasteiger partial charge in [-0.2, -0.15) is 0 Å². The molecule has 1 amide bonds. The number of carbonyl (C=O) groups excluding carboxylic acids is 1. The fourth-order valence-electron chi connectivity index (χ4n) is 0.828. The maximum Gasteiger partial charge on any atom is 0.239 e. The quantitative estimate of drug-likeness (QED) is 0.644. The van der Waals surface area contributed by atoms with Gasteiger partial charge < -0.3 is 15.8 Å². The van der Waals surface area contributed by atoms with E-state index in [0.29, 0.717) is 12.5 Å². The maximum absolute atomic E-state index is 11.1. The van der Waals surface area contributed by atoms with Crippen LogP contribution in [0.3, 0.4) is 0 Å². The van der Waals surface area contributed by atoms with Crippen molar-refractivity contribution >= 4 is 5.91 Å². The van der Waals surface area contributed by atoms with E-state index in [2.05, 4.69) is 19.2 Å². The molecule has 0 aromatic carbocycles. The molecule has 4 heteroatoms. The zero-order valence-electron chi connectivity index (χ0n) is 8.83. The fourth-order valence-corrected chi connectivity index (χ4v) is 0.828. The summed E-state index contributed by atoms with van der Waals surface area (Å²) in [6, 6.07) is -0.580. The highest BCUT2D eigenvalue weighted by molar-refractivity contribution is 5.81. The average molecular weight is 188 g/mol. The van der Waals surface area contributed by atoms with Gasteiger partial charge in [-0.25, -0.2) is 0 Å². The van der Waals surface area contributed by atoms with Crippen LogP contribution in [0.15, 0.2) is 0 Å². The van der Waals surface area contributed by atoms with E-state index in [1.165, 1.54) is 0 Å². The Bertz CT molecular complexity index is 160. The minimum Gasteiger partial charge on any atom is -0.376 e. The first-order chi connectivity index (χ1) is 5.99. The lowest BCUT2D eigenvalue weighted by molar-refractivity contribution is -0.125. The summed E-state index contributed by atoms with van der Waals surface area (Å²) in [4.78, 5) is 11.1. The lowest BCUT2D eigenvalue weighted by Crippen LogP contribution is -2.47. The Morgan fingerprint density at radius 3 is 2.38 bits per heavy atom. The maximum atomic E-state index is 11.1. The standard InChI is InChI=1S/C9H20N2O2/c1-6(2)5-13-7(3)8(10)9(12)11-4/h6-8H,5,10H2,1-4H3,(H,11,12)/t7-,8+/m1/s1. The van der Waals surface area contributed by atoms with Crippen molar-refractivity contribution in [3.8, 4) is 0 Å². The van der Waals surface area contributed by atoms with E-state index < -0.39 is 6.04 Å². The first-order valence-corrected chi connectivity index (χ1v) is 4.57. The molecule has 0 fully saturated rings. The Kier molecular flexibility index (Phi) is 5.66. The minimum atomic E-state index is -0.580. The van der Waals surface area contributed by atoms with E-state index in [-0.39, 0.29) is 12.0 Å². The summed E-state index contributed by atoms with van der Waals surface area (Å²) in [6.07, 6.45) is -0.234. The molecular weight excluding hydrogens is 168 g/mol. The van der Waals surface area contributed by atoms with Gasteiger partial charge in [0.25, 0.3) is 0 Å². The van der Waals surface area contributed by atoms with Crippen LogP contribution in [-0.2, 0) is 9.53 Å². The molecule has 0 aromatic rings. The molecule has 0 spiro atoms. The molecule has 0 aliphatic rings. The normalized spacial score (nSPS) is 15.5. The Morgan fingerprint density at radius 2 is 2.00 bits per heavy atom. The molecule has 2 atom stereocenters. The van der Waals surface area contributed by atoms with Crippen LogP contribution in [0.5, 0.6) is 0 Å². The number of rotatable bonds is 5. The first kappa shape index (κ1) is 12.4. The van der Waals surface area contributed by atoms with Crippen LogP contribution in [0, 0.1) is 5.92 Å². The summed E-state index contributed by atoms with van der Waals surface area (Å²) < 4.78 is 5.40. The van der Waals surface area contributed by atoms with E-state index in [4.69, 9.17) is 10.5 Å². The number of nitrogens with two attached hydrogens (primary N) is 1. The van der Waals surface area contributed by atoms with E-state index in [1.807, 2.05) is 6.92 Å². The summed E-state index contributed by atoms with van der Waals surface area (Å²) >= 11 is 0. The molecule has 4 nitrogen and oxygen atoms in total. The van der Waals surface area contributed by atoms with Crippen LogP contribution >= 0.6 is 0 Å². The predicted octanol–water partition coefficient (Wildman–Crippen LogP) is 0.121. The van der Waals surface area contributed by atoms with Gasteiger partial charge in [0.05, 0.1) is 6.10 Å². The van der Waals surface area contributed by atoms with Gasteiger partial charge in [-0.05, 0) is 12.8 Å². The number of nitrogens with one attached hydrogen (secondary N) is 1. The van der Waals surface area contributed by atoms with E-state index in [9.17, 15) is 4.79 Å². The van der Waals surface area contributed by atoms with Crippen LogP contribution in [0.2, 0.25) is 0 Å². The zero-order valence-corrected chi connectivity index (χ0v) is 8.83. The lowest BCUT2D eigenvalue weighted by Gasteiger charge is -2.19. The highest BCUT2D eigenvalue weighted by Gasteiger charge is 2.20. The SMILES string of the molecule is CNC(=O)[C@@H](N)[C@@H](C)OCC(C)C. The molecule has 0 unspecified atom stereocenters. The molecule has 0 heterocycles. The molecule has 0 saturated heterocycles. The van der Waals surface area contributed by atoms with Gasteiger partial charge in [0.1, 0.15) is 6.04 Å². The Morgan fingerprint density at radius 1 is 1.46 bits per heavy atom. The molecule has 0 rings (SSSR count). The van der Waals surface area contributed by atoms with Crippen molar-refractivity contribution in [1.29, 1.82) is 0 Å². The smallest absolute Gasteiger partial charge is 0.239 e. The molecule has 0 radical (unpaired) electrons. The molecule has 0 saturated carbocycles. The molecule has 0 aromatic heterocycles. The van der Waals surface area contributed by atoms with Crippen molar-refractivity contribution in [3.05, 3.63) is 0 Å². The monoisotopic (exact) mass is 188 g/mol. The van der Waals surface area contributed by atoms with E-state index in [1.54, 1.807) is 7.05 Å². The third-order valence-corrected chi connectivity index (χ3v) is 1.75. The molecule has 3 N–H and O–H groups in total. The minimum absolute atomic E-state index is 0.184. The van der Waals surface area contributed by atoms with Gasteiger partial charge >= 0.3 is 0 Å². The van der Waals surface area contributed by atoms with Gasteiger partial charge in [-0.1, -0.05) is 13.8 Å². The van der Waals surface area contributed by atoms with E-state index >= 15 is 0 Å². The predicted molar refractivity (Wildman–Crippen MR) is 52.3 cm³/mol. The summed E-state index contributed by atoms with van der Waals surface area (Å²) in [5.41, 5.74) is 5.62. The Labute approximate surface area is 79.8 Å². The van der Waals surface area contributed by atoms with Crippen LogP contribution in [-0.4, -0.2) is 31.7 Å². The molecule has 13 heavy (non-hydrogen) atoms. The van der Waals surface area contributed by atoms with Crippen LogP contribution in [0.1, 0.15) is 20.8 Å². The Hall–Kier alpha value is -0.610. The molecule has 78 valence electrons. The van der Waals surface area contributed by atoms with Crippen molar-refractivity contribution in [2.45, 2.75) is 32.9 Å². The van der Waals surface area contributed by atoms with Crippen molar-refractivity contribution in [2.75, 3.05) is 13.7 Å². The Balaban J connectivity index is 3.82. The number of amides is 1. The summed E-state index contributed by atoms with van der Waals surface area (Å²) in [5, 5.41) is 2.49. The van der Waals surface area contributed by atoms with Crippen molar-refractivity contribution in [3.63, 3.8) is 0 Å². The van der Waals surface area contributed by atoms with Crippen LogP contribution in [0.4, 0.5) is 0 Å².